The molecule has 1 fully saturated rings. The van der Waals surface area contributed by atoms with Crippen molar-refractivity contribution in [2.75, 3.05) is 18.1 Å². The van der Waals surface area contributed by atoms with Gasteiger partial charge in [-0.25, -0.2) is 4.79 Å². The Labute approximate surface area is 613 Å². The molecular formula is C69H96N14O20S2. The molecule has 0 saturated carbocycles. The maximum absolute atomic E-state index is 15.1. The van der Waals surface area contributed by atoms with Crippen LogP contribution in [0.3, 0.4) is 0 Å². The number of H-pyrrole nitrogens is 2. The summed E-state index contributed by atoms with van der Waals surface area (Å²) in [5, 5.41) is 71.0. The maximum Gasteiger partial charge on any atom is 0.328 e. The van der Waals surface area contributed by atoms with Crippen LogP contribution in [0, 0.1) is 23.7 Å². The minimum absolute atomic E-state index is 0.0165. The zero-order valence-corrected chi connectivity index (χ0v) is 61.6. The second kappa shape index (κ2) is 40.8. The van der Waals surface area contributed by atoms with Crippen molar-refractivity contribution in [2.45, 2.75) is 193 Å². The van der Waals surface area contributed by atoms with Gasteiger partial charge in [0.05, 0.1) is 25.1 Å². The first-order chi connectivity index (χ1) is 49.4. The number of carbonyl (C=O) groups is 16. The Morgan fingerprint density at radius 3 is 1.61 bits per heavy atom. The summed E-state index contributed by atoms with van der Waals surface area (Å²) in [5.41, 5.74) is 2.31. The SMILES string of the molecule is CC(=O)N[C@@H](CC(=O)O)C(=O)N[C@H]1CSSC[C@@H](C(=O)N[C@H](C(=O)O)[C@@H](C)O)NC(=O)[C@H](Cc2c[nH]c3ccccc23)CC(=O)[C@H](C(C)C)NC(=O)[C@H](CC(C)C)NC(=O)[C@H](CCC(=O)O)NC(=O)CNC(=O)[C@H](CC(C)C)NC(=O)[C@H](C)NC(=O)[C@H](Cc2c[nH]c3ccccc23)NC(=O)[C@H](C)NC1=O. The van der Waals surface area contributed by atoms with Crippen molar-refractivity contribution in [2.24, 2.45) is 23.7 Å². The second-order valence-electron chi connectivity index (χ2n) is 27.0. The summed E-state index contributed by atoms with van der Waals surface area (Å²) in [6.07, 6.45) is -1.84. The van der Waals surface area contributed by atoms with Crippen molar-refractivity contribution >= 4 is 138 Å². The van der Waals surface area contributed by atoms with Crippen molar-refractivity contribution < 1.29 is 97.1 Å². The molecule has 0 radical (unpaired) electrons. The number of nitrogens with one attached hydrogen (secondary N) is 14. The normalized spacial score (nSPS) is 23.4. The number of rotatable bonds is 21. The quantitative estimate of drug-likeness (QED) is 0.0466. The molecule has 105 heavy (non-hydrogen) atoms. The third kappa shape index (κ3) is 27.2. The van der Waals surface area contributed by atoms with E-state index in [2.05, 4.69) is 73.8 Å². The number of aliphatic hydroxyl groups excluding tert-OH is 1. The lowest BCUT2D eigenvalue weighted by molar-refractivity contribution is -0.145. The third-order valence-electron chi connectivity index (χ3n) is 16.8. The number of carboxylic acid groups (broad SMARTS) is 3. The molecule has 1 aliphatic rings. The number of carboxylic acids is 3. The molecule has 34 nitrogen and oxygen atoms in total. The largest absolute Gasteiger partial charge is 0.481 e. The molecule has 2 aromatic carbocycles. The van der Waals surface area contributed by atoms with Crippen LogP contribution in [0.5, 0.6) is 0 Å². The number of Topliss-reactive ketones (excluding diaryl/α,β-unsaturated/α-hetero) is 1. The van der Waals surface area contributed by atoms with Crippen molar-refractivity contribution in [3.05, 3.63) is 72.1 Å². The van der Waals surface area contributed by atoms with Crippen LogP contribution in [-0.4, -0.2) is 216 Å². The number of hydrogen-bond donors (Lipinski definition) is 18. The predicted molar refractivity (Wildman–Crippen MR) is 385 cm³/mol. The van der Waals surface area contributed by atoms with Crippen molar-refractivity contribution in [1.82, 2.24) is 73.8 Å². The predicted octanol–water partition coefficient (Wildman–Crippen LogP) is -0.533. The van der Waals surface area contributed by atoms with Crippen LogP contribution in [0.15, 0.2) is 60.9 Å². The molecule has 1 aliphatic heterocycles. The molecule has 2 aromatic heterocycles. The monoisotopic (exact) mass is 1500 g/mol. The molecule has 5 rings (SSSR count). The highest BCUT2D eigenvalue weighted by molar-refractivity contribution is 8.76. The first-order valence-electron chi connectivity index (χ1n) is 34.2. The smallest absolute Gasteiger partial charge is 0.328 e. The number of benzene rings is 2. The van der Waals surface area contributed by atoms with Crippen LogP contribution in [-0.2, 0) is 89.6 Å². The fraction of sp³-hybridized carbons (Fsp3) is 0.536. The summed E-state index contributed by atoms with van der Waals surface area (Å²) >= 11 is 0. The summed E-state index contributed by atoms with van der Waals surface area (Å²) < 4.78 is 0. The minimum atomic E-state index is -1.95. The number of hydrogen-bond acceptors (Lipinski definition) is 19. The molecule has 4 aromatic rings. The Kier molecular flexibility index (Phi) is 33.3. The lowest BCUT2D eigenvalue weighted by Gasteiger charge is -2.29. The van der Waals surface area contributed by atoms with Crippen LogP contribution in [0.1, 0.15) is 119 Å². The van der Waals surface area contributed by atoms with Gasteiger partial charge < -0.3 is 94.2 Å². The molecule has 3 heterocycles. The topological polar surface area (TPSA) is 530 Å². The van der Waals surface area contributed by atoms with Gasteiger partial charge in [-0.2, -0.15) is 0 Å². The molecule has 0 spiro atoms. The van der Waals surface area contributed by atoms with E-state index in [0.717, 1.165) is 35.4 Å². The first-order valence-corrected chi connectivity index (χ1v) is 36.7. The van der Waals surface area contributed by atoms with Crippen molar-refractivity contribution in [1.29, 1.82) is 0 Å². The van der Waals surface area contributed by atoms with E-state index in [0.29, 0.717) is 32.9 Å². The van der Waals surface area contributed by atoms with Gasteiger partial charge in [0.1, 0.15) is 54.4 Å². The van der Waals surface area contributed by atoms with E-state index in [4.69, 9.17) is 0 Å². The number of aliphatic hydroxyl groups is 1. The van der Waals surface area contributed by atoms with E-state index in [9.17, 15) is 92.3 Å². The minimum Gasteiger partial charge on any atom is -0.481 e. The number of para-hydroxylation sites is 2. The Morgan fingerprint density at radius 1 is 0.562 bits per heavy atom. The molecule has 0 unspecified atom stereocenters. The summed E-state index contributed by atoms with van der Waals surface area (Å²) in [4.78, 5) is 227. The summed E-state index contributed by atoms with van der Waals surface area (Å²) in [6, 6.07) is -3.62. The van der Waals surface area contributed by atoms with Gasteiger partial charge in [0.15, 0.2) is 11.8 Å². The zero-order chi connectivity index (χ0) is 78.1. The molecular weight excluding hydrogens is 1410 g/mol. The van der Waals surface area contributed by atoms with Gasteiger partial charge in [-0.15, -0.1) is 0 Å². The second-order valence-corrected chi connectivity index (χ2v) is 29.6. The van der Waals surface area contributed by atoms with Crippen LogP contribution in [0.25, 0.3) is 21.8 Å². The Balaban J connectivity index is 1.62. The average molecular weight is 1510 g/mol. The number of carbonyl (C=O) groups excluding carboxylic acids is 13. The highest BCUT2D eigenvalue weighted by atomic mass is 33.1. The van der Waals surface area contributed by atoms with E-state index in [1.807, 2.05) is 0 Å². The number of aliphatic carboxylic acids is 3. The molecule has 574 valence electrons. The lowest BCUT2D eigenvalue weighted by atomic mass is 9.87. The molecule has 0 aliphatic carbocycles. The van der Waals surface area contributed by atoms with Crippen LogP contribution in [0.4, 0.5) is 0 Å². The molecule has 13 atom stereocenters. The van der Waals surface area contributed by atoms with Gasteiger partial charge in [-0.3, -0.25) is 71.9 Å². The van der Waals surface area contributed by atoms with Crippen molar-refractivity contribution in [3.8, 4) is 0 Å². The van der Waals surface area contributed by atoms with Gasteiger partial charge in [0, 0.05) is 77.8 Å². The Bertz CT molecular complexity index is 3810. The van der Waals surface area contributed by atoms with Gasteiger partial charge >= 0.3 is 17.9 Å². The zero-order valence-electron chi connectivity index (χ0n) is 59.9. The fourth-order valence-corrected chi connectivity index (χ4v) is 13.7. The maximum atomic E-state index is 15.1. The summed E-state index contributed by atoms with van der Waals surface area (Å²) in [7, 11) is 1.53. The van der Waals surface area contributed by atoms with E-state index >= 15 is 4.79 Å². The van der Waals surface area contributed by atoms with Crippen LogP contribution < -0.4 is 63.8 Å². The molecule has 18 N–H and O–H groups in total. The number of aromatic amines is 2. The standard InChI is InChI=1S/C69H96N14O20S2/c1-32(2)21-47-62(95)72-29-54(87)76-46(19-20-55(88)89)63(96)79-48(22-33(3)4)66(99)82-57(34(5)6)53(86)25-39(23-40-27-70-44-17-13-11-15-42(40)44)61(94)80-52(68(101)83-58(37(9)84)69(102)103)31-105-104-30-51(81-65(98)50(26-56(90)91)75-38(10)85)67(100)74-36(8)60(93)78-49(64(97)73-35(7)59(92)77-47)24-41-28-71-45-18-14-12-16-43(41)45/h11-18,27-28,32-37,39,46-52,57-58,70-71,84H,19-26,29-31H2,1-10H3,(H,72,95)(H,73,97)(H,74,100)(H,75,85)(H,76,87)(H,77,92)(H,78,93)(H,79,96)(H,80,94)(H,81,98)(H,82,99)(H,83,101)(H,88,89)(H,90,91)(H,102,103)/t35-,36-,37+,39+,46-,47-,48-,49-,50-,51-,52-,57-,58-/m0/s1. The number of ketones is 1. The molecule has 12 amide bonds. The van der Waals surface area contributed by atoms with E-state index in [-0.39, 0.29) is 37.5 Å². The molecule has 1 saturated heterocycles. The highest BCUT2D eigenvalue weighted by Crippen LogP contribution is 2.27. The van der Waals surface area contributed by atoms with Gasteiger partial charge in [-0.05, 0) is 87.5 Å². The van der Waals surface area contributed by atoms with Crippen molar-refractivity contribution in [3.63, 3.8) is 0 Å². The Morgan fingerprint density at radius 2 is 1.08 bits per heavy atom. The Hall–Kier alpha value is -10.1. The average Bonchev–Trinajstić information content (AvgIpc) is 1.69. The molecule has 36 heteroatoms. The molecule has 0 bridgehead atoms. The highest BCUT2D eigenvalue weighted by Gasteiger charge is 2.39. The van der Waals surface area contributed by atoms with Gasteiger partial charge in [-0.1, -0.05) is 99.5 Å². The fourth-order valence-electron chi connectivity index (χ4n) is 11.3. The van der Waals surface area contributed by atoms with Gasteiger partial charge in [0.25, 0.3) is 0 Å². The van der Waals surface area contributed by atoms with Crippen LogP contribution >= 0.6 is 21.6 Å². The van der Waals surface area contributed by atoms with Crippen LogP contribution in [0.2, 0.25) is 0 Å². The third-order valence-corrected chi connectivity index (χ3v) is 19.3. The van der Waals surface area contributed by atoms with E-state index in [1.165, 1.54) is 13.8 Å². The number of amides is 12. The van der Waals surface area contributed by atoms with E-state index in [1.54, 1.807) is 102 Å². The number of aromatic nitrogens is 2. The van der Waals surface area contributed by atoms with E-state index < -0.39 is 223 Å². The first kappa shape index (κ1) is 85.5. The lowest BCUT2D eigenvalue weighted by Crippen LogP contribution is -2.59. The summed E-state index contributed by atoms with van der Waals surface area (Å²) in [5.74, 6) is -20.9. The summed E-state index contributed by atoms with van der Waals surface area (Å²) in [6.45, 7) is 13.9. The number of fused-ring (bicyclic) bond motifs is 2. The van der Waals surface area contributed by atoms with Gasteiger partial charge in [0.2, 0.25) is 70.9 Å².